The monoisotopic (exact) mass is 293 g/mol. The fourth-order valence-corrected chi connectivity index (χ4v) is 2.88. The molecule has 0 aliphatic carbocycles. The fraction of sp³-hybridized carbons (Fsp3) is 0.308. The zero-order chi connectivity index (χ0) is 14.5. The second-order valence-corrected chi connectivity index (χ2v) is 5.67. The Morgan fingerprint density at radius 2 is 2.25 bits per heavy atom. The number of hydrogen-bond donors (Lipinski definition) is 1. The maximum atomic E-state index is 12.3. The molecule has 0 amide bonds. The summed E-state index contributed by atoms with van der Waals surface area (Å²) in [6, 6.07) is 6.15. The van der Waals surface area contributed by atoms with Gasteiger partial charge < -0.3 is 5.11 Å². The first kappa shape index (κ1) is 14.4. The van der Waals surface area contributed by atoms with Crippen molar-refractivity contribution in [3.63, 3.8) is 0 Å². The molecular weight excluding hydrogens is 278 g/mol. The third kappa shape index (κ3) is 3.30. The minimum absolute atomic E-state index is 0.130. The summed E-state index contributed by atoms with van der Waals surface area (Å²) < 4.78 is 14.0. The van der Waals surface area contributed by atoms with E-state index in [-0.39, 0.29) is 11.3 Å². The highest BCUT2D eigenvalue weighted by atomic mass is 32.2. The molecule has 0 radical (unpaired) electrons. The molecule has 0 saturated heterocycles. The Bertz CT molecular complexity index is 639. The Labute approximate surface area is 118 Å². The summed E-state index contributed by atoms with van der Waals surface area (Å²) in [6.07, 6.45) is 2.35. The maximum absolute atomic E-state index is 12.3. The molecule has 7 heteroatoms. The quantitative estimate of drug-likeness (QED) is 0.876. The molecule has 1 atom stereocenters. The van der Waals surface area contributed by atoms with Crippen LogP contribution in [0, 0.1) is 0 Å². The lowest BCUT2D eigenvalue weighted by Gasteiger charge is -2.05. The van der Waals surface area contributed by atoms with Crippen LogP contribution in [0.15, 0.2) is 35.5 Å². The largest absolute Gasteiger partial charge is 0.478 e. The molecule has 0 aliphatic heterocycles. The van der Waals surface area contributed by atoms with E-state index >= 15 is 0 Å². The third-order valence-electron chi connectivity index (χ3n) is 2.74. The van der Waals surface area contributed by atoms with Gasteiger partial charge in [0, 0.05) is 11.4 Å². The number of hydrogen-bond acceptors (Lipinski definition) is 4. The van der Waals surface area contributed by atoms with Gasteiger partial charge in [0.25, 0.3) is 0 Å². The van der Waals surface area contributed by atoms with Crippen molar-refractivity contribution in [2.75, 3.05) is 0 Å². The van der Waals surface area contributed by atoms with Crippen LogP contribution < -0.4 is 0 Å². The maximum Gasteiger partial charge on any atom is 0.335 e. The number of aromatic nitrogens is 3. The lowest BCUT2D eigenvalue weighted by Crippen LogP contribution is -2.08. The number of aromatic carboxylic acids is 1. The first-order valence-corrected chi connectivity index (χ1v) is 7.52. The molecule has 6 nitrogen and oxygen atoms in total. The van der Waals surface area contributed by atoms with Crippen molar-refractivity contribution in [2.45, 2.75) is 30.5 Å². The number of carboxylic acid groups (broad SMARTS) is 1. The number of carboxylic acids is 1. The third-order valence-corrected chi connectivity index (χ3v) is 4.04. The van der Waals surface area contributed by atoms with Gasteiger partial charge in [0.15, 0.2) is 0 Å². The normalized spacial score (nSPS) is 12.2. The van der Waals surface area contributed by atoms with E-state index in [4.69, 9.17) is 5.11 Å². The molecule has 1 aromatic carbocycles. The molecule has 0 fully saturated rings. The van der Waals surface area contributed by atoms with Crippen molar-refractivity contribution in [1.82, 2.24) is 14.8 Å². The van der Waals surface area contributed by atoms with Gasteiger partial charge in [-0.15, -0.1) is 0 Å². The van der Waals surface area contributed by atoms with Crippen LogP contribution >= 0.6 is 0 Å². The van der Waals surface area contributed by atoms with E-state index in [1.807, 2.05) is 6.92 Å². The van der Waals surface area contributed by atoms with Crippen LogP contribution in [0.2, 0.25) is 0 Å². The number of aryl methyl sites for hydroxylation is 1. The predicted octanol–water partition coefficient (Wildman–Crippen LogP) is 1.69. The summed E-state index contributed by atoms with van der Waals surface area (Å²) in [5.74, 6) is -0.160. The lowest BCUT2D eigenvalue weighted by atomic mass is 10.2. The molecule has 1 unspecified atom stereocenters. The smallest absolute Gasteiger partial charge is 0.335 e. The zero-order valence-corrected chi connectivity index (χ0v) is 11.8. The number of nitrogens with zero attached hydrogens (tertiary/aromatic N) is 3. The van der Waals surface area contributed by atoms with E-state index in [1.54, 1.807) is 16.8 Å². The zero-order valence-electron chi connectivity index (χ0n) is 11.0. The summed E-state index contributed by atoms with van der Waals surface area (Å²) in [5, 5.41) is 13.0. The second kappa shape index (κ2) is 6.42. The topological polar surface area (TPSA) is 85.1 Å². The number of carbonyl (C=O) groups is 1. The van der Waals surface area contributed by atoms with E-state index < -0.39 is 16.8 Å². The Hall–Kier alpha value is -2.02. The minimum atomic E-state index is -1.34. The Morgan fingerprint density at radius 1 is 1.45 bits per heavy atom. The highest BCUT2D eigenvalue weighted by molar-refractivity contribution is 7.84. The molecule has 0 saturated carbocycles. The lowest BCUT2D eigenvalue weighted by molar-refractivity contribution is 0.0696. The summed E-state index contributed by atoms with van der Waals surface area (Å²) in [6.45, 7) is 2.75. The van der Waals surface area contributed by atoms with Gasteiger partial charge in [0.1, 0.15) is 12.2 Å². The highest BCUT2D eigenvalue weighted by Gasteiger charge is 2.12. The molecule has 0 aliphatic rings. The molecule has 1 aromatic heterocycles. The summed E-state index contributed by atoms with van der Waals surface area (Å²) in [4.78, 5) is 15.5. The van der Waals surface area contributed by atoms with Crippen LogP contribution in [0.4, 0.5) is 0 Å². The standard InChI is InChI=1S/C13H15N3O3S/c1-2-6-16-12(14-9-15-16)8-20(19)11-5-3-4-10(7-11)13(17)18/h3-5,7,9H,2,6,8H2,1H3,(H,17,18). The van der Waals surface area contributed by atoms with Crippen molar-refractivity contribution in [1.29, 1.82) is 0 Å². The summed E-state index contributed by atoms with van der Waals surface area (Å²) >= 11 is 0. The van der Waals surface area contributed by atoms with E-state index in [0.717, 1.165) is 13.0 Å². The number of rotatable bonds is 6. The highest BCUT2D eigenvalue weighted by Crippen LogP contribution is 2.13. The van der Waals surface area contributed by atoms with Crippen molar-refractivity contribution in [3.8, 4) is 0 Å². The summed E-state index contributed by atoms with van der Waals surface area (Å²) in [5.41, 5.74) is 0.130. The van der Waals surface area contributed by atoms with Crippen LogP contribution in [0.5, 0.6) is 0 Å². The van der Waals surface area contributed by atoms with E-state index in [2.05, 4.69) is 10.1 Å². The van der Waals surface area contributed by atoms with Crippen LogP contribution in [0.25, 0.3) is 0 Å². The van der Waals surface area contributed by atoms with Crippen molar-refractivity contribution >= 4 is 16.8 Å². The van der Waals surface area contributed by atoms with Crippen LogP contribution in [-0.2, 0) is 23.1 Å². The minimum Gasteiger partial charge on any atom is -0.478 e. The van der Waals surface area contributed by atoms with Crippen molar-refractivity contribution < 1.29 is 14.1 Å². The van der Waals surface area contributed by atoms with Crippen molar-refractivity contribution in [3.05, 3.63) is 42.0 Å². The molecule has 1 N–H and O–H groups in total. The fourth-order valence-electron chi connectivity index (χ4n) is 1.77. The number of benzene rings is 1. The van der Waals surface area contributed by atoms with Gasteiger partial charge in [0.05, 0.1) is 22.1 Å². The van der Waals surface area contributed by atoms with Crippen LogP contribution in [-0.4, -0.2) is 30.0 Å². The van der Waals surface area contributed by atoms with Gasteiger partial charge >= 0.3 is 5.97 Å². The predicted molar refractivity (Wildman–Crippen MR) is 73.8 cm³/mol. The van der Waals surface area contributed by atoms with Gasteiger partial charge in [-0.25, -0.2) is 14.5 Å². The van der Waals surface area contributed by atoms with Gasteiger partial charge in [0.2, 0.25) is 0 Å². The van der Waals surface area contributed by atoms with Crippen LogP contribution in [0.3, 0.4) is 0 Å². The van der Waals surface area contributed by atoms with E-state index in [1.165, 1.54) is 18.5 Å². The molecule has 106 valence electrons. The Balaban J connectivity index is 2.17. The Kier molecular flexibility index (Phi) is 4.62. The van der Waals surface area contributed by atoms with E-state index in [0.29, 0.717) is 10.7 Å². The molecular formula is C13H15N3O3S. The van der Waals surface area contributed by atoms with Gasteiger partial charge in [-0.3, -0.25) is 4.21 Å². The van der Waals surface area contributed by atoms with Gasteiger partial charge in [-0.2, -0.15) is 5.10 Å². The molecule has 2 aromatic rings. The average molecular weight is 293 g/mol. The van der Waals surface area contributed by atoms with Crippen molar-refractivity contribution in [2.24, 2.45) is 0 Å². The molecule has 0 bridgehead atoms. The van der Waals surface area contributed by atoms with E-state index in [9.17, 15) is 9.00 Å². The van der Waals surface area contributed by atoms with Crippen LogP contribution in [0.1, 0.15) is 29.5 Å². The average Bonchev–Trinajstić information content (AvgIpc) is 2.86. The second-order valence-electron chi connectivity index (χ2n) is 4.22. The molecule has 0 spiro atoms. The summed E-state index contributed by atoms with van der Waals surface area (Å²) in [7, 11) is -1.34. The van der Waals surface area contributed by atoms with Gasteiger partial charge in [-0.1, -0.05) is 13.0 Å². The first-order valence-electron chi connectivity index (χ1n) is 6.20. The molecule has 1 heterocycles. The molecule has 20 heavy (non-hydrogen) atoms. The van der Waals surface area contributed by atoms with Gasteiger partial charge in [-0.05, 0) is 24.6 Å². The molecule has 2 rings (SSSR count). The SMILES string of the molecule is CCCn1ncnc1CS(=O)c1cccc(C(=O)O)c1. The Morgan fingerprint density at radius 3 is 2.95 bits per heavy atom. The first-order chi connectivity index (χ1) is 9.61.